The summed E-state index contributed by atoms with van der Waals surface area (Å²) in [5.41, 5.74) is 5.46. The van der Waals surface area contributed by atoms with Crippen molar-refractivity contribution in [3.05, 3.63) is 0 Å². The standard InChI is InChI=1S/C9H17F3N2O/c1-5(4-9(10,11)12)14-8(15)6(2)7(3)13/h5-7H,4,13H2,1-3H3,(H,14,15). The molecule has 0 spiro atoms. The highest BCUT2D eigenvalue weighted by molar-refractivity contribution is 5.79. The average molecular weight is 226 g/mol. The summed E-state index contributed by atoms with van der Waals surface area (Å²) >= 11 is 0. The predicted molar refractivity (Wildman–Crippen MR) is 51.1 cm³/mol. The van der Waals surface area contributed by atoms with Crippen LogP contribution in [0.25, 0.3) is 0 Å². The molecular weight excluding hydrogens is 209 g/mol. The first-order chi connectivity index (χ1) is 6.63. The van der Waals surface area contributed by atoms with E-state index in [1.54, 1.807) is 13.8 Å². The molecule has 3 atom stereocenters. The van der Waals surface area contributed by atoms with Crippen LogP contribution in [0.3, 0.4) is 0 Å². The van der Waals surface area contributed by atoms with Crippen LogP contribution >= 0.6 is 0 Å². The van der Waals surface area contributed by atoms with Crippen LogP contribution in [0, 0.1) is 5.92 Å². The zero-order chi connectivity index (χ0) is 12.2. The highest BCUT2D eigenvalue weighted by Crippen LogP contribution is 2.21. The maximum absolute atomic E-state index is 11.9. The maximum Gasteiger partial charge on any atom is 0.391 e. The summed E-state index contributed by atoms with van der Waals surface area (Å²) in [4.78, 5) is 11.3. The van der Waals surface area contributed by atoms with E-state index in [1.807, 2.05) is 0 Å². The molecule has 15 heavy (non-hydrogen) atoms. The van der Waals surface area contributed by atoms with Crippen molar-refractivity contribution < 1.29 is 18.0 Å². The Morgan fingerprint density at radius 3 is 2.13 bits per heavy atom. The van der Waals surface area contributed by atoms with Gasteiger partial charge in [0.2, 0.25) is 5.91 Å². The molecule has 0 aromatic carbocycles. The average Bonchev–Trinajstić information content (AvgIpc) is 1.98. The van der Waals surface area contributed by atoms with Crippen molar-refractivity contribution >= 4 is 5.91 Å². The minimum atomic E-state index is -4.26. The van der Waals surface area contributed by atoms with Gasteiger partial charge >= 0.3 is 6.18 Å². The van der Waals surface area contributed by atoms with Gasteiger partial charge in [-0.3, -0.25) is 4.79 Å². The fourth-order valence-electron chi connectivity index (χ4n) is 1.01. The number of nitrogens with two attached hydrogens (primary N) is 1. The summed E-state index contributed by atoms with van der Waals surface area (Å²) in [5, 5.41) is 2.28. The van der Waals surface area contributed by atoms with Gasteiger partial charge in [-0.05, 0) is 13.8 Å². The van der Waals surface area contributed by atoms with E-state index >= 15 is 0 Å². The third-order valence-corrected chi connectivity index (χ3v) is 2.13. The van der Waals surface area contributed by atoms with E-state index in [1.165, 1.54) is 6.92 Å². The van der Waals surface area contributed by atoms with Crippen molar-refractivity contribution in [2.24, 2.45) is 11.7 Å². The van der Waals surface area contributed by atoms with Gasteiger partial charge in [-0.2, -0.15) is 13.2 Å². The lowest BCUT2D eigenvalue weighted by molar-refractivity contribution is -0.142. The number of nitrogens with one attached hydrogen (secondary N) is 1. The highest BCUT2D eigenvalue weighted by Gasteiger charge is 2.31. The van der Waals surface area contributed by atoms with Crippen LogP contribution in [-0.2, 0) is 4.79 Å². The molecule has 0 aromatic heterocycles. The van der Waals surface area contributed by atoms with E-state index in [0.29, 0.717) is 0 Å². The maximum atomic E-state index is 11.9. The van der Waals surface area contributed by atoms with Gasteiger partial charge in [0.15, 0.2) is 0 Å². The lowest BCUT2D eigenvalue weighted by atomic mass is 10.0. The first-order valence-corrected chi connectivity index (χ1v) is 4.76. The largest absolute Gasteiger partial charge is 0.391 e. The summed E-state index contributed by atoms with van der Waals surface area (Å²) in [6.45, 7) is 4.54. The van der Waals surface area contributed by atoms with Gasteiger partial charge in [0.05, 0.1) is 6.42 Å². The van der Waals surface area contributed by atoms with Crippen LogP contribution in [0.15, 0.2) is 0 Å². The van der Waals surface area contributed by atoms with Crippen molar-refractivity contribution in [1.29, 1.82) is 0 Å². The molecule has 0 bridgehead atoms. The molecule has 0 saturated heterocycles. The van der Waals surface area contributed by atoms with Gasteiger partial charge in [-0.15, -0.1) is 0 Å². The number of carbonyl (C=O) groups is 1. The van der Waals surface area contributed by atoms with E-state index in [2.05, 4.69) is 5.32 Å². The van der Waals surface area contributed by atoms with Crippen LogP contribution < -0.4 is 11.1 Å². The van der Waals surface area contributed by atoms with Gasteiger partial charge in [0, 0.05) is 18.0 Å². The molecule has 0 fully saturated rings. The van der Waals surface area contributed by atoms with Gasteiger partial charge in [-0.1, -0.05) is 6.92 Å². The van der Waals surface area contributed by atoms with Crippen molar-refractivity contribution in [2.45, 2.75) is 45.5 Å². The number of hydrogen-bond acceptors (Lipinski definition) is 2. The molecule has 3 unspecified atom stereocenters. The van der Waals surface area contributed by atoms with Crippen molar-refractivity contribution in [2.75, 3.05) is 0 Å². The summed E-state index contributed by atoms with van der Waals surface area (Å²) in [7, 11) is 0. The third kappa shape index (κ3) is 6.33. The number of rotatable bonds is 4. The fraction of sp³-hybridized carbons (Fsp3) is 0.889. The Bertz CT molecular complexity index is 216. The van der Waals surface area contributed by atoms with Crippen molar-refractivity contribution in [3.8, 4) is 0 Å². The smallest absolute Gasteiger partial charge is 0.353 e. The molecule has 0 saturated carbocycles. The van der Waals surface area contributed by atoms with E-state index < -0.39 is 30.5 Å². The number of alkyl halides is 3. The lowest BCUT2D eigenvalue weighted by Gasteiger charge is -2.20. The first-order valence-electron chi connectivity index (χ1n) is 4.76. The van der Waals surface area contributed by atoms with Crippen LogP contribution in [-0.4, -0.2) is 24.2 Å². The Balaban J connectivity index is 4.08. The molecule has 3 N–H and O–H groups in total. The van der Waals surface area contributed by atoms with Gasteiger partial charge < -0.3 is 11.1 Å². The van der Waals surface area contributed by atoms with E-state index in [0.717, 1.165) is 0 Å². The molecule has 0 aliphatic heterocycles. The second-order valence-electron chi connectivity index (χ2n) is 3.88. The molecule has 0 aliphatic rings. The minimum absolute atomic E-state index is 0.372. The molecule has 0 radical (unpaired) electrons. The summed E-state index contributed by atoms with van der Waals surface area (Å²) < 4.78 is 35.8. The van der Waals surface area contributed by atoms with Crippen LogP contribution in [0.4, 0.5) is 13.2 Å². The van der Waals surface area contributed by atoms with E-state index in [4.69, 9.17) is 5.73 Å². The Labute approximate surface area is 87.2 Å². The summed E-state index contributed by atoms with van der Waals surface area (Å²) in [5.74, 6) is -0.928. The van der Waals surface area contributed by atoms with Crippen molar-refractivity contribution in [1.82, 2.24) is 5.32 Å². The molecular formula is C9H17F3N2O. The number of halogens is 3. The quantitative estimate of drug-likeness (QED) is 0.761. The molecule has 0 rings (SSSR count). The Morgan fingerprint density at radius 1 is 1.33 bits per heavy atom. The van der Waals surface area contributed by atoms with Gasteiger partial charge in [0.1, 0.15) is 0 Å². The molecule has 1 amide bonds. The molecule has 90 valence electrons. The summed E-state index contributed by atoms with van der Waals surface area (Å²) in [6, 6.07) is -1.29. The fourth-order valence-corrected chi connectivity index (χ4v) is 1.01. The molecule has 0 aromatic rings. The highest BCUT2D eigenvalue weighted by atomic mass is 19.4. The van der Waals surface area contributed by atoms with Crippen molar-refractivity contribution in [3.63, 3.8) is 0 Å². The molecule has 6 heteroatoms. The second kappa shape index (κ2) is 5.34. The molecule has 0 heterocycles. The monoisotopic (exact) mass is 226 g/mol. The number of carbonyl (C=O) groups excluding carboxylic acids is 1. The van der Waals surface area contributed by atoms with Crippen LogP contribution in [0.1, 0.15) is 27.2 Å². The Kier molecular flexibility index (Phi) is 5.07. The SMILES string of the molecule is CC(CC(F)(F)F)NC(=O)C(C)C(C)N. The molecule has 3 nitrogen and oxygen atoms in total. The third-order valence-electron chi connectivity index (χ3n) is 2.13. The lowest BCUT2D eigenvalue weighted by Crippen LogP contribution is -2.43. The predicted octanol–water partition coefficient (Wildman–Crippen LogP) is 1.43. The van der Waals surface area contributed by atoms with E-state index in [-0.39, 0.29) is 6.04 Å². The zero-order valence-electron chi connectivity index (χ0n) is 9.06. The zero-order valence-corrected chi connectivity index (χ0v) is 9.06. The topological polar surface area (TPSA) is 55.1 Å². The van der Waals surface area contributed by atoms with Gasteiger partial charge in [-0.25, -0.2) is 0 Å². The van der Waals surface area contributed by atoms with Gasteiger partial charge in [0.25, 0.3) is 0 Å². The minimum Gasteiger partial charge on any atom is -0.353 e. The summed E-state index contributed by atoms with van der Waals surface area (Å²) in [6.07, 6.45) is -5.28. The van der Waals surface area contributed by atoms with E-state index in [9.17, 15) is 18.0 Å². The normalized spacial score (nSPS) is 18.1. The van der Waals surface area contributed by atoms with Crippen LogP contribution in [0.5, 0.6) is 0 Å². The van der Waals surface area contributed by atoms with Crippen LogP contribution in [0.2, 0.25) is 0 Å². The second-order valence-corrected chi connectivity index (χ2v) is 3.88. The Morgan fingerprint density at radius 2 is 1.80 bits per heavy atom. The number of hydrogen-bond donors (Lipinski definition) is 2. The first kappa shape index (κ1) is 14.2. The number of amides is 1. The Hall–Kier alpha value is -0.780. The molecule has 0 aliphatic carbocycles.